The first-order chi connectivity index (χ1) is 6.27. The molecule has 2 N–H and O–H groups in total. The van der Waals surface area contributed by atoms with Crippen LogP contribution in [0.3, 0.4) is 0 Å². The summed E-state index contributed by atoms with van der Waals surface area (Å²) in [6, 6.07) is 3.82. The summed E-state index contributed by atoms with van der Waals surface area (Å²) in [6.07, 6.45) is 1.56. The highest BCUT2D eigenvalue weighted by Gasteiger charge is 2.04. The Kier molecular flexibility index (Phi) is 1.98. The van der Waals surface area contributed by atoms with Gasteiger partial charge in [-0.25, -0.2) is 9.97 Å². The fourth-order valence-corrected chi connectivity index (χ4v) is 1.89. The predicted molar refractivity (Wildman–Crippen MR) is 54.5 cm³/mol. The van der Waals surface area contributed by atoms with E-state index in [9.17, 15) is 0 Å². The number of nitrogens with two attached hydrogens (primary N) is 1. The molecule has 0 saturated carbocycles. The summed E-state index contributed by atoms with van der Waals surface area (Å²) < 4.78 is 0. The van der Waals surface area contributed by atoms with Crippen molar-refractivity contribution in [3.8, 4) is 10.6 Å². The third-order valence-electron chi connectivity index (χ3n) is 1.73. The number of aryl methyl sites for hydroxylation is 1. The Labute approximate surface area is 80.3 Å². The first-order valence-electron chi connectivity index (χ1n) is 3.89. The van der Waals surface area contributed by atoms with E-state index in [0.29, 0.717) is 0 Å². The molecule has 3 nitrogen and oxygen atoms in total. The molecule has 0 aromatic carbocycles. The summed E-state index contributed by atoms with van der Waals surface area (Å²) in [4.78, 5) is 9.21. The number of nitrogen functional groups attached to an aromatic ring is 1. The van der Waals surface area contributed by atoms with Crippen LogP contribution in [-0.2, 0) is 0 Å². The van der Waals surface area contributed by atoms with Gasteiger partial charge in [-0.3, -0.25) is 0 Å². The standard InChI is InChI=1S/C9H9N3S/c1-6-4-8(12-5-11-6)9-7(10)2-3-13-9/h2-5H,10H2,1H3. The van der Waals surface area contributed by atoms with Crippen LogP contribution in [0.5, 0.6) is 0 Å². The van der Waals surface area contributed by atoms with Crippen LogP contribution in [0.25, 0.3) is 10.6 Å². The molecule has 2 aromatic heterocycles. The molecule has 66 valence electrons. The lowest BCUT2D eigenvalue weighted by Gasteiger charge is -1.98. The van der Waals surface area contributed by atoms with Crippen LogP contribution < -0.4 is 5.73 Å². The van der Waals surface area contributed by atoms with Crippen LogP contribution in [0.1, 0.15) is 5.69 Å². The quantitative estimate of drug-likeness (QED) is 0.751. The van der Waals surface area contributed by atoms with Crippen LogP contribution >= 0.6 is 11.3 Å². The zero-order valence-electron chi connectivity index (χ0n) is 7.19. The van der Waals surface area contributed by atoms with Crippen LogP contribution in [0.4, 0.5) is 5.69 Å². The molecule has 2 rings (SSSR count). The van der Waals surface area contributed by atoms with Gasteiger partial charge in [-0.15, -0.1) is 11.3 Å². The number of nitrogens with zero attached hydrogens (tertiary/aromatic N) is 2. The first kappa shape index (κ1) is 8.19. The molecule has 0 bridgehead atoms. The predicted octanol–water partition coefficient (Wildman–Crippen LogP) is 2.10. The molecule has 13 heavy (non-hydrogen) atoms. The van der Waals surface area contributed by atoms with Gasteiger partial charge in [-0.05, 0) is 24.4 Å². The zero-order chi connectivity index (χ0) is 9.26. The second-order valence-corrected chi connectivity index (χ2v) is 3.67. The number of rotatable bonds is 1. The van der Waals surface area contributed by atoms with E-state index in [0.717, 1.165) is 22.0 Å². The van der Waals surface area contributed by atoms with Gasteiger partial charge < -0.3 is 5.73 Å². The molecule has 0 aliphatic carbocycles. The molecule has 0 radical (unpaired) electrons. The van der Waals surface area contributed by atoms with Gasteiger partial charge >= 0.3 is 0 Å². The first-order valence-corrected chi connectivity index (χ1v) is 4.77. The molecule has 0 spiro atoms. The Hall–Kier alpha value is -1.42. The van der Waals surface area contributed by atoms with Gasteiger partial charge in [0.15, 0.2) is 0 Å². The fraction of sp³-hybridized carbons (Fsp3) is 0.111. The second-order valence-electron chi connectivity index (χ2n) is 2.75. The molecule has 0 saturated heterocycles. The third-order valence-corrected chi connectivity index (χ3v) is 2.68. The van der Waals surface area contributed by atoms with Crippen molar-refractivity contribution in [2.75, 3.05) is 5.73 Å². The summed E-state index contributed by atoms with van der Waals surface area (Å²) in [6.45, 7) is 1.94. The van der Waals surface area contributed by atoms with Gasteiger partial charge in [0.25, 0.3) is 0 Å². The van der Waals surface area contributed by atoms with Crippen molar-refractivity contribution in [1.29, 1.82) is 0 Å². The number of anilines is 1. The third kappa shape index (κ3) is 1.53. The normalized spacial score (nSPS) is 10.2. The van der Waals surface area contributed by atoms with Crippen LogP contribution in [0.15, 0.2) is 23.8 Å². The zero-order valence-corrected chi connectivity index (χ0v) is 8.01. The Morgan fingerprint density at radius 2 is 2.23 bits per heavy atom. The maximum atomic E-state index is 5.77. The lowest BCUT2D eigenvalue weighted by Crippen LogP contribution is -1.89. The van der Waals surface area contributed by atoms with E-state index in [4.69, 9.17) is 5.73 Å². The average Bonchev–Trinajstić information content (AvgIpc) is 2.51. The van der Waals surface area contributed by atoms with Crippen molar-refractivity contribution in [2.24, 2.45) is 0 Å². The molecular weight excluding hydrogens is 182 g/mol. The summed E-state index contributed by atoms with van der Waals surface area (Å²) >= 11 is 1.60. The van der Waals surface area contributed by atoms with Crippen molar-refractivity contribution in [2.45, 2.75) is 6.92 Å². The topological polar surface area (TPSA) is 51.8 Å². The monoisotopic (exact) mass is 191 g/mol. The van der Waals surface area contributed by atoms with Crippen molar-refractivity contribution in [3.63, 3.8) is 0 Å². The number of aromatic nitrogens is 2. The summed E-state index contributed by atoms with van der Waals surface area (Å²) in [5, 5.41) is 1.96. The lowest BCUT2D eigenvalue weighted by molar-refractivity contribution is 1.11. The highest BCUT2D eigenvalue weighted by atomic mass is 32.1. The molecule has 0 amide bonds. The Morgan fingerprint density at radius 1 is 1.38 bits per heavy atom. The smallest absolute Gasteiger partial charge is 0.116 e. The average molecular weight is 191 g/mol. The van der Waals surface area contributed by atoms with Gasteiger partial charge in [0.1, 0.15) is 6.33 Å². The molecule has 2 heterocycles. The van der Waals surface area contributed by atoms with E-state index in [1.807, 2.05) is 24.4 Å². The SMILES string of the molecule is Cc1cc(-c2sccc2N)ncn1. The van der Waals surface area contributed by atoms with Crippen molar-refractivity contribution in [1.82, 2.24) is 9.97 Å². The summed E-state index contributed by atoms with van der Waals surface area (Å²) in [5.41, 5.74) is 8.41. The Bertz CT molecular complexity index is 422. The molecule has 4 heteroatoms. The summed E-state index contributed by atoms with van der Waals surface area (Å²) in [7, 11) is 0. The number of thiophene rings is 1. The van der Waals surface area contributed by atoms with E-state index in [2.05, 4.69) is 9.97 Å². The molecular formula is C9H9N3S. The van der Waals surface area contributed by atoms with E-state index >= 15 is 0 Å². The number of hydrogen-bond donors (Lipinski definition) is 1. The van der Waals surface area contributed by atoms with E-state index < -0.39 is 0 Å². The molecule has 2 aromatic rings. The van der Waals surface area contributed by atoms with Gasteiger partial charge in [0.2, 0.25) is 0 Å². The van der Waals surface area contributed by atoms with Crippen LogP contribution in [-0.4, -0.2) is 9.97 Å². The maximum Gasteiger partial charge on any atom is 0.116 e. The van der Waals surface area contributed by atoms with Gasteiger partial charge in [-0.1, -0.05) is 0 Å². The van der Waals surface area contributed by atoms with Crippen LogP contribution in [0.2, 0.25) is 0 Å². The molecule has 0 aliphatic heterocycles. The minimum atomic E-state index is 0.781. The van der Waals surface area contributed by atoms with Crippen molar-refractivity contribution < 1.29 is 0 Å². The van der Waals surface area contributed by atoms with E-state index in [1.165, 1.54) is 0 Å². The molecule has 0 atom stereocenters. The van der Waals surface area contributed by atoms with Gasteiger partial charge in [-0.2, -0.15) is 0 Å². The highest BCUT2D eigenvalue weighted by Crippen LogP contribution is 2.29. The minimum absolute atomic E-state index is 0.781. The number of hydrogen-bond acceptors (Lipinski definition) is 4. The summed E-state index contributed by atoms with van der Waals surface area (Å²) in [5.74, 6) is 0. The van der Waals surface area contributed by atoms with Crippen LogP contribution in [0, 0.1) is 6.92 Å². The molecule has 0 aliphatic rings. The lowest BCUT2D eigenvalue weighted by atomic mass is 10.3. The van der Waals surface area contributed by atoms with Gasteiger partial charge in [0, 0.05) is 5.69 Å². The Balaban J connectivity index is 2.53. The minimum Gasteiger partial charge on any atom is -0.397 e. The second kappa shape index (κ2) is 3.14. The Morgan fingerprint density at radius 3 is 2.85 bits per heavy atom. The molecule has 0 fully saturated rings. The van der Waals surface area contributed by atoms with E-state index in [1.54, 1.807) is 17.7 Å². The molecule has 0 unspecified atom stereocenters. The highest BCUT2D eigenvalue weighted by molar-refractivity contribution is 7.14. The van der Waals surface area contributed by atoms with Crippen molar-refractivity contribution >= 4 is 17.0 Å². The van der Waals surface area contributed by atoms with Gasteiger partial charge in [0.05, 0.1) is 16.3 Å². The fourth-order valence-electron chi connectivity index (χ4n) is 1.11. The van der Waals surface area contributed by atoms with E-state index in [-0.39, 0.29) is 0 Å². The van der Waals surface area contributed by atoms with Crippen molar-refractivity contribution in [3.05, 3.63) is 29.5 Å². The maximum absolute atomic E-state index is 5.77. The largest absolute Gasteiger partial charge is 0.397 e.